The molecular weight excluding hydrogens is 295 g/mol. The van der Waals surface area contributed by atoms with Crippen molar-refractivity contribution in [2.45, 2.75) is 19.4 Å². The Labute approximate surface area is 133 Å². The third kappa shape index (κ3) is 4.67. The molecule has 0 bridgehead atoms. The van der Waals surface area contributed by atoms with Crippen LogP contribution in [0.4, 0.5) is 0 Å². The number of halogens is 2. The molecule has 2 rings (SSSR count). The minimum absolute atomic E-state index is 0. The molecule has 0 unspecified atom stereocenters. The second kappa shape index (κ2) is 9.24. The number of hydrogen-bond acceptors (Lipinski definition) is 3. The first-order valence-electron chi connectivity index (χ1n) is 6.57. The number of phenols is 1. The Balaban J connectivity index is 0.00000180. The average molecular weight is 319 g/mol. The largest absolute Gasteiger partial charge is 0.508 e. The Hall–Kier alpha value is -0.740. The van der Waals surface area contributed by atoms with E-state index < -0.39 is 0 Å². The summed E-state index contributed by atoms with van der Waals surface area (Å²) in [6.45, 7) is 9.98. The van der Waals surface area contributed by atoms with Gasteiger partial charge in [0.1, 0.15) is 5.75 Å². The molecule has 0 aliphatic carbocycles. The van der Waals surface area contributed by atoms with Crippen LogP contribution in [0.5, 0.6) is 5.75 Å². The van der Waals surface area contributed by atoms with Gasteiger partial charge in [-0.3, -0.25) is 4.90 Å². The Morgan fingerprint density at radius 1 is 1.35 bits per heavy atom. The first kappa shape index (κ1) is 19.3. The number of nitrogens with one attached hydrogen (secondary N) is 1. The molecule has 0 saturated carbocycles. The maximum Gasteiger partial charge on any atom is 0.120 e. The summed E-state index contributed by atoms with van der Waals surface area (Å²) in [6.07, 6.45) is 2.81. The molecular formula is C15H24Cl2N2O. The number of benzene rings is 1. The van der Waals surface area contributed by atoms with Gasteiger partial charge in [0.25, 0.3) is 0 Å². The highest BCUT2D eigenvalue weighted by Gasteiger charge is 2.23. The maximum atomic E-state index is 10.1. The van der Waals surface area contributed by atoms with E-state index in [9.17, 15) is 5.11 Å². The number of piperazine rings is 1. The van der Waals surface area contributed by atoms with Crippen molar-refractivity contribution in [3.05, 3.63) is 42.0 Å². The standard InChI is InChI=1S/C15H22N2O.2ClH/c1-3-4-14(17-9-7-16-8-10-17)13-11-12(2)5-6-15(13)18;;/h3,5-6,11,14,16,18H,1,4,7-10H2,2H3;2*1H/t14-;;/m1../s1. The van der Waals surface area contributed by atoms with Crippen LogP contribution in [0.15, 0.2) is 30.9 Å². The van der Waals surface area contributed by atoms with Gasteiger partial charge in [-0.1, -0.05) is 23.8 Å². The van der Waals surface area contributed by atoms with Crippen LogP contribution < -0.4 is 5.32 Å². The molecule has 0 radical (unpaired) electrons. The zero-order valence-corrected chi connectivity index (χ0v) is 13.5. The summed E-state index contributed by atoms with van der Waals surface area (Å²) >= 11 is 0. The van der Waals surface area contributed by atoms with Crippen molar-refractivity contribution < 1.29 is 5.11 Å². The molecule has 1 saturated heterocycles. The molecule has 2 N–H and O–H groups in total. The summed E-state index contributed by atoms with van der Waals surface area (Å²) in [5.41, 5.74) is 2.21. The van der Waals surface area contributed by atoms with Gasteiger partial charge in [-0.15, -0.1) is 31.4 Å². The van der Waals surface area contributed by atoms with E-state index in [1.54, 1.807) is 6.07 Å². The molecule has 1 aliphatic rings. The van der Waals surface area contributed by atoms with Crippen LogP contribution in [0, 0.1) is 6.92 Å². The molecule has 3 nitrogen and oxygen atoms in total. The summed E-state index contributed by atoms with van der Waals surface area (Å²) in [4.78, 5) is 2.42. The van der Waals surface area contributed by atoms with E-state index in [-0.39, 0.29) is 30.9 Å². The van der Waals surface area contributed by atoms with Crippen LogP contribution in [-0.4, -0.2) is 36.2 Å². The van der Waals surface area contributed by atoms with Crippen molar-refractivity contribution in [1.82, 2.24) is 10.2 Å². The number of phenolic OH excluding ortho intramolecular Hbond substituents is 1. The molecule has 1 heterocycles. The number of aryl methyl sites for hydroxylation is 1. The predicted octanol–water partition coefficient (Wildman–Crippen LogP) is 3.07. The lowest BCUT2D eigenvalue weighted by Gasteiger charge is -2.35. The molecule has 1 atom stereocenters. The molecule has 0 amide bonds. The van der Waals surface area contributed by atoms with E-state index in [0.29, 0.717) is 5.75 Å². The predicted molar refractivity (Wildman–Crippen MR) is 89.3 cm³/mol. The fourth-order valence-electron chi connectivity index (χ4n) is 2.57. The number of nitrogens with zero attached hydrogens (tertiary/aromatic N) is 1. The lowest BCUT2D eigenvalue weighted by atomic mass is 9.98. The minimum Gasteiger partial charge on any atom is -0.508 e. The summed E-state index contributed by atoms with van der Waals surface area (Å²) in [6, 6.07) is 6.07. The minimum atomic E-state index is 0. The fraction of sp³-hybridized carbons (Fsp3) is 0.467. The van der Waals surface area contributed by atoms with Crippen LogP contribution in [0.2, 0.25) is 0 Å². The number of hydrogen-bond donors (Lipinski definition) is 2. The molecule has 0 spiro atoms. The Bertz CT molecular complexity index is 420. The summed E-state index contributed by atoms with van der Waals surface area (Å²) < 4.78 is 0. The summed E-state index contributed by atoms with van der Waals surface area (Å²) in [5, 5.41) is 13.4. The quantitative estimate of drug-likeness (QED) is 0.837. The highest BCUT2D eigenvalue weighted by atomic mass is 35.5. The zero-order valence-electron chi connectivity index (χ0n) is 11.8. The van der Waals surface area contributed by atoms with Gasteiger partial charge in [-0.2, -0.15) is 0 Å². The maximum absolute atomic E-state index is 10.1. The second-order valence-corrected chi connectivity index (χ2v) is 4.89. The van der Waals surface area contributed by atoms with Crippen molar-refractivity contribution in [1.29, 1.82) is 0 Å². The average Bonchev–Trinajstić information content (AvgIpc) is 2.40. The van der Waals surface area contributed by atoms with Gasteiger partial charge in [-0.05, 0) is 19.4 Å². The summed E-state index contributed by atoms with van der Waals surface area (Å²) in [7, 11) is 0. The molecule has 114 valence electrons. The number of aromatic hydroxyl groups is 1. The fourth-order valence-corrected chi connectivity index (χ4v) is 2.57. The lowest BCUT2D eigenvalue weighted by molar-refractivity contribution is 0.172. The third-order valence-electron chi connectivity index (χ3n) is 3.52. The Kier molecular flexibility index (Phi) is 8.90. The third-order valence-corrected chi connectivity index (χ3v) is 3.52. The van der Waals surface area contributed by atoms with Crippen molar-refractivity contribution >= 4 is 24.8 Å². The monoisotopic (exact) mass is 318 g/mol. The topological polar surface area (TPSA) is 35.5 Å². The van der Waals surface area contributed by atoms with Crippen LogP contribution in [0.1, 0.15) is 23.6 Å². The van der Waals surface area contributed by atoms with Gasteiger partial charge in [0, 0.05) is 37.8 Å². The van der Waals surface area contributed by atoms with E-state index in [0.717, 1.165) is 38.2 Å². The van der Waals surface area contributed by atoms with E-state index >= 15 is 0 Å². The molecule has 1 aromatic carbocycles. The van der Waals surface area contributed by atoms with Crippen LogP contribution in [0.25, 0.3) is 0 Å². The van der Waals surface area contributed by atoms with Gasteiger partial charge in [0.2, 0.25) is 0 Å². The first-order chi connectivity index (χ1) is 8.72. The molecule has 5 heteroatoms. The normalized spacial score (nSPS) is 16.6. The highest BCUT2D eigenvalue weighted by Crippen LogP contribution is 2.32. The van der Waals surface area contributed by atoms with Crippen molar-refractivity contribution in [3.63, 3.8) is 0 Å². The second-order valence-electron chi connectivity index (χ2n) is 4.89. The molecule has 20 heavy (non-hydrogen) atoms. The zero-order chi connectivity index (χ0) is 13.0. The lowest BCUT2D eigenvalue weighted by Crippen LogP contribution is -2.45. The first-order valence-corrected chi connectivity index (χ1v) is 6.57. The van der Waals surface area contributed by atoms with E-state index in [1.807, 2.05) is 12.1 Å². The van der Waals surface area contributed by atoms with Crippen LogP contribution >= 0.6 is 24.8 Å². The van der Waals surface area contributed by atoms with E-state index in [4.69, 9.17) is 0 Å². The molecule has 0 aromatic heterocycles. The van der Waals surface area contributed by atoms with Gasteiger partial charge in [0.15, 0.2) is 0 Å². The SMILES string of the molecule is C=CC[C@H](c1cc(C)ccc1O)N1CCNCC1.Cl.Cl. The van der Waals surface area contributed by atoms with Crippen LogP contribution in [0.3, 0.4) is 0 Å². The molecule has 1 fully saturated rings. The summed E-state index contributed by atoms with van der Waals surface area (Å²) in [5.74, 6) is 0.394. The van der Waals surface area contributed by atoms with Gasteiger partial charge in [0.05, 0.1) is 0 Å². The van der Waals surface area contributed by atoms with Gasteiger partial charge >= 0.3 is 0 Å². The molecule has 1 aromatic rings. The van der Waals surface area contributed by atoms with Crippen molar-refractivity contribution in [2.24, 2.45) is 0 Å². The van der Waals surface area contributed by atoms with Crippen LogP contribution in [-0.2, 0) is 0 Å². The molecule has 1 aliphatic heterocycles. The Morgan fingerprint density at radius 2 is 2.00 bits per heavy atom. The van der Waals surface area contributed by atoms with Crippen molar-refractivity contribution in [3.8, 4) is 5.75 Å². The smallest absolute Gasteiger partial charge is 0.120 e. The van der Waals surface area contributed by atoms with Crippen molar-refractivity contribution in [2.75, 3.05) is 26.2 Å². The van der Waals surface area contributed by atoms with Gasteiger partial charge in [-0.25, -0.2) is 0 Å². The van der Waals surface area contributed by atoms with Gasteiger partial charge < -0.3 is 10.4 Å². The number of rotatable bonds is 4. The van der Waals surface area contributed by atoms with E-state index in [1.165, 1.54) is 5.56 Å². The van der Waals surface area contributed by atoms with E-state index in [2.05, 4.69) is 29.8 Å². The highest BCUT2D eigenvalue weighted by molar-refractivity contribution is 5.85. The Morgan fingerprint density at radius 3 is 2.60 bits per heavy atom.